The molecule has 376 valence electrons. The molecule has 3 unspecified atom stereocenters. The van der Waals surface area contributed by atoms with E-state index in [0.717, 1.165) is 83.5 Å². The summed E-state index contributed by atoms with van der Waals surface area (Å²) < 4.78 is 39.3. The molecule has 0 spiro atoms. The van der Waals surface area contributed by atoms with E-state index in [2.05, 4.69) is 45.1 Å². The summed E-state index contributed by atoms with van der Waals surface area (Å²) in [6.07, 6.45) is 44.3. The van der Waals surface area contributed by atoms with Crippen molar-refractivity contribution in [1.82, 2.24) is 0 Å². The van der Waals surface area contributed by atoms with Crippen LogP contribution in [0.1, 0.15) is 252 Å². The number of hydrogen-bond donors (Lipinski definition) is 2. The Kier molecular flexibility index (Phi) is 45.9. The zero-order chi connectivity index (χ0) is 47.0. The quantitative estimate of drug-likeness (QED) is 0.0197. The highest BCUT2D eigenvalue weighted by molar-refractivity contribution is 7.47. The van der Waals surface area contributed by atoms with E-state index in [1.54, 1.807) is 0 Å². The van der Waals surface area contributed by atoms with Gasteiger partial charge in [-0.1, -0.05) is 212 Å². The average molecular weight is 929 g/mol. The average Bonchev–Trinajstić information content (AvgIpc) is 3.28. The number of rotatable bonds is 49. The third kappa shape index (κ3) is 45.1. The van der Waals surface area contributed by atoms with E-state index in [0.29, 0.717) is 19.3 Å². The van der Waals surface area contributed by atoms with Gasteiger partial charge in [0, 0.05) is 19.3 Å². The van der Waals surface area contributed by atoms with Gasteiger partial charge in [-0.3, -0.25) is 23.4 Å². The molecule has 0 aliphatic heterocycles. The van der Waals surface area contributed by atoms with Crippen LogP contribution in [0.2, 0.25) is 0 Å². The number of phosphoric ester groups is 1. The zero-order valence-electron chi connectivity index (χ0n) is 41.3. The van der Waals surface area contributed by atoms with Crippen molar-refractivity contribution in [2.75, 3.05) is 26.4 Å². The molecule has 0 saturated heterocycles. The lowest BCUT2D eigenvalue weighted by atomic mass is 10.0. The first-order valence-electron chi connectivity index (χ1n) is 26.2. The number of aliphatic hydroxyl groups is 1. The van der Waals surface area contributed by atoms with Crippen LogP contribution in [-0.4, -0.2) is 66.5 Å². The number of ether oxygens (including phenoxy) is 3. The molecule has 2 N–H and O–H groups in total. The van der Waals surface area contributed by atoms with Crippen LogP contribution in [0.5, 0.6) is 0 Å². The molecule has 0 amide bonds. The lowest BCUT2D eigenvalue weighted by Crippen LogP contribution is -2.30. The van der Waals surface area contributed by atoms with E-state index in [4.69, 9.17) is 23.3 Å². The Morgan fingerprint density at radius 2 is 0.797 bits per heavy atom. The molecule has 0 radical (unpaired) electrons. The van der Waals surface area contributed by atoms with Crippen LogP contribution in [-0.2, 0) is 42.2 Å². The summed E-state index contributed by atoms with van der Waals surface area (Å²) in [6, 6.07) is 0. The Labute approximate surface area is 391 Å². The van der Waals surface area contributed by atoms with E-state index >= 15 is 0 Å². The van der Waals surface area contributed by atoms with Crippen molar-refractivity contribution in [2.24, 2.45) is 0 Å². The molecule has 64 heavy (non-hydrogen) atoms. The first-order chi connectivity index (χ1) is 31.2. The van der Waals surface area contributed by atoms with Crippen LogP contribution in [0.4, 0.5) is 0 Å². The number of unbranched alkanes of at least 4 members (excludes halogenated alkanes) is 28. The summed E-state index contributed by atoms with van der Waals surface area (Å²) in [7, 11) is -4.73. The first-order valence-corrected chi connectivity index (χ1v) is 27.7. The highest BCUT2D eigenvalue weighted by Crippen LogP contribution is 2.43. The fourth-order valence-corrected chi connectivity index (χ4v) is 8.12. The fraction of sp³-hybridized carbons (Fsp3) is 0.865. The minimum atomic E-state index is -4.73. The smallest absolute Gasteiger partial charge is 0.462 e. The Morgan fingerprint density at radius 3 is 1.22 bits per heavy atom. The summed E-state index contributed by atoms with van der Waals surface area (Å²) >= 11 is 0. The molecule has 0 aromatic heterocycles. The summed E-state index contributed by atoms with van der Waals surface area (Å²) in [5, 5.41) is 9.76. The molecule has 0 aromatic rings. The van der Waals surface area contributed by atoms with Crippen molar-refractivity contribution in [3.8, 4) is 0 Å². The molecule has 0 fully saturated rings. The maximum absolute atomic E-state index is 12.8. The van der Waals surface area contributed by atoms with Crippen molar-refractivity contribution in [3.63, 3.8) is 0 Å². The van der Waals surface area contributed by atoms with Gasteiger partial charge in [0.25, 0.3) is 0 Å². The Hall–Kier alpha value is -2.04. The number of hydrogen-bond acceptors (Lipinski definition) is 10. The largest absolute Gasteiger partial charge is 0.472 e. The number of phosphoric acid groups is 1. The highest BCUT2D eigenvalue weighted by atomic mass is 31.2. The minimum Gasteiger partial charge on any atom is -0.462 e. The Bertz CT molecular complexity index is 1180. The van der Waals surface area contributed by atoms with Gasteiger partial charge in [0.2, 0.25) is 0 Å². The molecule has 0 aliphatic rings. The summed E-state index contributed by atoms with van der Waals surface area (Å²) in [5.41, 5.74) is 0. The highest BCUT2D eigenvalue weighted by Gasteiger charge is 2.28. The van der Waals surface area contributed by atoms with E-state index in [9.17, 15) is 28.9 Å². The van der Waals surface area contributed by atoms with E-state index in [-0.39, 0.29) is 25.9 Å². The van der Waals surface area contributed by atoms with Gasteiger partial charge in [0.05, 0.1) is 19.8 Å². The number of esters is 3. The first kappa shape index (κ1) is 62.0. The molecule has 0 aliphatic carbocycles. The van der Waals surface area contributed by atoms with Crippen LogP contribution >= 0.6 is 7.82 Å². The van der Waals surface area contributed by atoms with Gasteiger partial charge < -0.3 is 24.2 Å². The van der Waals surface area contributed by atoms with Crippen molar-refractivity contribution in [1.29, 1.82) is 0 Å². The standard InChI is InChI=1S/C52H97O11P/c1-4-7-10-13-16-19-22-24-27-29-32-35-38-41-50(54)59-45-49(63-52(56)43-40-37-34-31-28-25-23-20-17-14-11-8-5-2)47-61-64(57,58)60-46-48(44-53)62-51(55)42-39-36-33-30-26-21-18-15-12-9-6-3/h11,14,20,23,48-49,53H,4-10,12-13,15-19,21-22,24-47H2,1-3H3,(H,57,58)/b14-11-,23-20-. The maximum atomic E-state index is 12.8. The predicted molar refractivity (Wildman–Crippen MR) is 261 cm³/mol. The molecule has 0 heterocycles. The van der Waals surface area contributed by atoms with Gasteiger partial charge >= 0.3 is 25.7 Å². The van der Waals surface area contributed by atoms with Gasteiger partial charge in [-0.25, -0.2) is 4.57 Å². The fourth-order valence-electron chi connectivity index (χ4n) is 7.34. The van der Waals surface area contributed by atoms with Crippen LogP contribution < -0.4 is 0 Å². The van der Waals surface area contributed by atoms with Crippen LogP contribution in [0.3, 0.4) is 0 Å². The Morgan fingerprint density at radius 1 is 0.438 bits per heavy atom. The van der Waals surface area contributed by atoms with Gasteiger partial charge in [-0.05, 0) is 44.9 Å². The van der Waals surface area contributed by atoms with Crippen LogP contribution in [0.15, 0.2) is 24.3 Å². The normalized spacial score (nSPS) is 13.6. The third-order valence-electron chi connectivity index (χ3n) is 11.4. The molecular formula is C52H97O11P. The van der Waals surface area contributed by atoms with Crippen molar-refractivity contribution < 1.29 is 52.2 Å². The molecule has 0 rings (SSSR count). The summed E-state index contributed by atoms with van der Waals surface area (Å²) in [6.45, 7) is 4.57. The van der Waals surface area contributed by atoms with Gasteiger partial charge in [0.15, 0.2) is 6.10 Å². The summed E-state index contributed by atoms with van der Waals surface area (Å²) in [5.74, 6) is -1.46. The van der Waals surface area contributed by atoms with Crippen molar-refractivity contribution in [3.05, 3.63) is 24.3 Å². The predicted octanol–water partition coefficient (Wildman–Crippen LogP) is 14.7. The molecule has 3 atom stereocenters. The second-order valence-corrected chi connectivity index (χ2v) is 19.2. The number of carbonyl (C=O) groups excluding carboxylic acids is 3. The third-order valence-corrected chi connectivity index (χ3v) is 12.3. The van der Waals surface area contributed by atoms with Crippen molar-refractivity contribution in [2.45, 2.75) is 264 Å². The van der Waals surface area contributed by atoms with Crippen LogP contribution in [0, 0.1) is 0 Å². The van der Waals surface area contributed by atoms with E-state index in [1.807, 2.05) is 0 Å². The number of carbonyl (C=O) groups is 3. The molecule has 0 saturated carbocycles. The van der Waals surface area contributed by atoms with E-state index in [1.165, 1.54) is 109 Å². The zero-order valence-corrected chi connectivity index (χ0v) is 42.2. The molecule has 11 nitrogen and oxygen atoms in total. The Balaban J connectivity index is 4.73. The molecule has 0 aromatic carbocycles. The second-order valence-electron chi connectivity index (χ2n) is 17.7. The molecule has 12 heteroatoms. The topological polar surface area (TPSA) is 155 Å². The number of aliphatic hydroxyl groups excluding tert-OH is 1. The van der Waals surface area contributed by atoms with Crippen LogP contribution in [0.25, 0.3) is 0 Å². The minimum absolute atomic E-state index is 0.156. The van der Waals surface area contributed by atoms with E-state index < -0.39 is 57.8 Å². The van der Waals surface area contributed by atoms with Crippen molar-refractivity contribution >= 4 is 25.7 Å². The maximum Gasteiger partial charge on any atom is 0.472 e. The van der Waals surface area contributed by atoms with Gasteiger partial charge in [-0.15, -0.1) is 0 Å². The number of allylic oxidation sites excluding steroid dienone is 4. The summed E-state index contributed by atoms with van der Waals surface area (Å²) in [4.78, 5) is 48.2. The lowest BCUT2D eigenvalue weighted by molar-refractivity contribution is -0.161. The molecular weight excluding hydrogens is 832 g/mol. The van der Waals surface area contributed by atoms with Gasteiger partial charge in [0.1, 0.15) is 12.7 Å². The SMILES string of the molecule is CCC/C=C\C/C=C\CCCCCCCC(=O)OC(COC(=O)CCCCCCCCCCCCCCC)COP(=O)(O)OCC(CO)OC(=O)CCCCCCCCCCCCC. The van der Waals surface area contributed by atoms with Gasteiger partial charge in [-0.2, -0.15) is 0 Å². The monoisotopic (exact) mass is 929 g/mol. The lowest BCUT2D eigenvalue weighted by Gasteiger charge is -2.21. The second kappa shape index (κ2) is 47.5. The molecule has 0 bridgehead atoms.